The van der Waals surface area contributed by atoms with E-state index >= 15 is 0 Å². The van der Waals surface area contributed by atoms with Gasteiger partial charge in [-0.15, -0.1) is 0 Å². The predicted molar refractivity (Wildman–Crippen MR) is 96.2 cm³/mol. The molecule has 0 aliphatic carbocycles. The number of halogens is 1. The van der Waals surface area contributed by atoms with E-state index in [-0.39, 0.29) is 18.2 Å². The molecule has 1 fully saturated rings. The highest BCUT2D eigenvalue weighted by Crippen LogP contribution is 2.23. The predicted octanol–water partition coefficient (Wildman–Crippen LogP) is 3.52. The van der Waals surface area contributed by atoms with Crippen molar-refractivity contribution in [3.8, 4) is 0 Å². The molecular weight excluding hydrogens is 393 g/mol. The normalized spacial score (nSPS) is 22.6. The number of nitrogens with zero attached hydrogens (tertiary/aromatic N) is 3. The van der Waals surface area contributed by atoms with E-state index < -0.39 is 5.60 Å². The van der Waals surface area contributed by atoms with Gasteiger partial charge in [0.15, 0.2) is 0 Å². The van der Waals surface area contributed by atoms with Gasteiger partial charge in [-0.2, -0.15) is 0 Å². The van der Waals surface area contributed by atoms with E-state index in [0.717, 1.165) is 22.5 Å². The Hall–Kier alpha value is -1.05. The molecule has 2 heterocycles. The zero-order valence-electron chi connectivity index (χ0n) is 13.8. The Morgan fingerprint density at radius 2 is 1.86 bits per heavy atom. The highest BCUT2D eigenvalue weighted by Gasteiger charge is 2.35. The number of hydrogen-bond donors (Lipinski definition) is 0. The van der Waals surface area contributed by atoms with E-state index in [0.29, 0.717) is 0 Å². The topological polar surface area (TPSA) is 45.7 Å². The van der Waals surface area contributed by atoms with Gasteiger partial charge in [-0.3, -0.25) is 4.90 Å². The lowest BCUT2D eigenvalue weighted by molar-refractivity contribution is 0.00561. The van der Waals surface area contributed by atoms with Crippen molar-refractivity contribution in [3.05, 3.63) is 21.9 Å². The van der Waals surface area contributed by atoms with Crippen LogP contribution in [0.2, 0.25) is 0 Å². The van der Waals surface area contributed by atoms with Crippen molar-refractivity contribution < 1.29 is 9.53 Å². The fourth-order valence-electron chi connectivity index (χ4n) is 2.74. The molecule has 1 aromatic rings. The van der Waals surface area contributed by atoms with Gasteiger partial charge < -0.3 is 9.64 Å². The number of rotatable bonds is 1. The van der Waals surface area contributed by atoms with Gasteiger partial charge in [0.2, 0.25) is 0 Å². The third-order valence-electron chi connectivity index (χ3n) is 3.56. The second-order valence-electron chi connectivity index (χ2n) is 6.83. The summed E-state index contributed by atoms with van der Waals surface area (Å²) in [7, 11) is 0. The van der Waals surface area contributed by atoms with Gasteiger partial charge in [-0.05, 0) is 69.3 Å². The third-order valence-corrected chi connectivity index (χ3v) is 4.20. The number of carbonyl (C=O) groups is 1. The first-order chi connectivity index (χ1) is 10.2. The maximum absolute atomic E-state index is 12.4. The lowest BCUT2D eigenvalue weighted by Gasteiger charge is -2.44. The lowest BCUT2D eigenvalue weighted by atomic mass is 10.1. The van der Waals surface area contributed by atoms with Gasteiger partial charge in [0.25, 0.3) is 0 Å². The van der Waals surface area contributed by atoms with Crippen molar-refractivity contribution >= 4 is 34.5 Å². The van der Waals surface area contributed by atoms with Crippen LogP contribution < -0.4 is 4.90 Å². The number of ether oxygens (including phenoxy) is 1. The van der Waals surface area contributed by atoms with E-state index in [9.17, 15) is 4.79 Å². The SMILES string of the molecule is C[C@@H]1CN(c2ccc(I)cn2)C[C@H](C)N1C(=O)OC(C)(C)C. The Labute approximate surface area is 146 Å². The van der Waals surface area contributed by atoms with E-state index in [4.69, 9.17) is 4.74 Å². The molecule has 0 bridgehead atoms. The number of anilines is 1. The highest BCUT2D eigenvalue weighted by molar-refractivity contribution is 14.1. The van der Waals surface area contributed by atoms with Crippen molar-refractivity contribution in [3.63, 3.8) is 0 Å². The van der Waals surface area contributed by atoms with Crippen molar-refractivity contribution in [2.24, 2.45) is 0 Å². The maximum Gasteiger partial charge on any atom is 0.410 e. The summed E-state index contributed by atoms with van der Waals surface area (Å²) >= 11 is 2.25. The quantitative estimate of drug-likeness (QED) is 0.657. The minimum absolute atomic E-state index is 0.0830. The van der Waals surface area contributed by atoms with E-state index in [1.54, 1.807) is 0 Å². The third kappa shape index (κ3) is 4.24. The van der Waals surface area contributed by atoms with Crippen LogP contribution in [0.4, 0.5) is 10.6 Å². The van der Waals surface area contributed by atoms with Crippen LogP contribution >= 0.6 is 22.6 Å². The lowest BCUT2D eigenvalue weighted by Crippen LogP contribution is -2.59. The highest BCUT2D eigenvalue weighted by atomic mass is 127. The van der Waals surface area contributed by atoms with Crippen molar-refractivity contribution in [1.29, 1.82) is 0 Å². The number of aromatic nitrogens is 1. The summed E-state index contributed by atoms with van der Waals surface area (Å²) in [5, 5.41) is 0. The molecule has 1 amide bonds. The van der Waals surface area contributed by atoms with Gasteiger partial charge in [-0.25, -0.2) is 9.78 Å². The Morgan fingerprint density at radius 3 is 2.32 bits per heavy atom. The van der Waals surface area contributed by atoms with Crippen molar-refractivity contribution in [2.45, 2.75) is 52.3 Å². The number of hydrogen-bond acceptors (Lipinski definition) is 4. The summed E-state index contributed by atoms with van der Waals surface area (Å²) in [6.07, 6.45) is 1.63. The molecule has 1 aliphatic heterocycles. The summed E-state index contributed by atoms with van der Waals surface area (Å²) in [6.45, 7) is 11.3. The van der Waals surface area contributed by atoms with Crippen LogP contribution in [0.1, 0.15) is 34.6 Å². The molecule has 22 heavy (non-hydrogen) atoms. The smallest absolute Gasteiger partial charge is 0.410 e. The van der Waals surface area contributed by atoms with E-state index in [1.165, 1.54) is 0 Å². The monoisotopic (exact) mass is 417 g/mol. The van der Waals surface area contributed by atoms with Crippen LogP contribution in [-0.4, -0.2) is 46.8 Å². The average Bonchev–Trinajstić information content (AvgIpc) is 2.36. The molecule has 0 aromatic carbocycles. The molecule has 0 spiro atoms. The van der Waals surface area contributed by atoms with Gasteiger partial charge >= 0.3 is 6.09 Å². The summed E-state index contributed by atoms with van der Waals surface area (Å²) in [4.78, 5) is 20.9. The van der Waals surface area contributed by atoms with Crippen LogP contribution in [0.3, 0.4) is 0 Å². The zero-order chi connectivity index (χ0) is 16.5. The molecule has 5 nitrogen and oxygen atoms in total. The van der Waals surface area contributed by atoms with Gasteiger partial charge in [-0.1, -0.05) is 0 Å². The molecule has 0 radical (unpaired) electrons. The molecule has 1 saturated heterocycles. The zero-order valence-corrected chi connectivity index (χ0v) is 16.0. The van der Waals surface area contributed by atoms with Crippen LogP contribution in [0.15, 0.2) is 18.3 Å². The molecule has 6 heteroatoms. The molecule has 122 valence electrons. The van der Waals surface area contributed by atoms with Gasteiger partial charge in [0, 0.05) is 22.9 Å². The summed E-state index contributed by atoms with van der Waals surface area (Å²) in [5.41, 5.74) is -0.467. The summed E-state index contributed by atoms with van der Waals surface area (Å²) in [6, 6.07) is 4.25. The Kier molecular flexibility index (Phi) is 5.19. The molecule has 1 aliphatic rings. The second-order valence-corrected chi connectivity index (χ2v) is 8.07. The Balaban J connectivity index is 2.08. The average molecular weight is 417 g/mol. The van der Waals surface area contributed by atoms with Crippen molar-refractivity contribution in [2.75, 3.05) is 18.0 Å². The van der Waals surface area contributed by atoms with Crippen LogP contribution in [0, 0.1) is 3.57 Å². The molecule has 0 unspecified atom stereocenters. The van der Waals surface area contributed by atoms with Crippen LogP contribution in [0.5, 0.6) is 0 Å². The standard InChI is InChI=1S/C16H24IN3O2/c1-11-9-19(14-7-6-13(17)8-18-14)10-12(2)20(11)15(21)22-16(3,4)5/h6-8,11-12H,9-10H2,1-5H3/t11-,12+. The number of pyridine rings is 1. The number of amides is 1. The van der Waals surface area contributed by atoms with Crippen molar-refractivity contribution in [1.82, 2.24) is 9.88 Å². The fourth-order valence-corrected chi connectivity index (χ4v) is 3.06. The summed E-state index contributed by atoms with van der Waals surface area (Å²) < 4.78 is 6.65. The van der Waals surface area contributed by atoms with Gasteiger partial charge in [0.05, 0.1) is 12.1 Å². The molecule has 1 aromatic heterocycles. The minimum Gasteiger partial charge on any atom is -0.444 e. The van der Waals surface area contributed by atoms with E-state index in [1.807, 2.05) is 37.9 Å². The Morgan fingerprint density at radius 1 is 1.27 bits per heavy atom. The number of carbonyl (C=O) groups excluding carboxylic acids is 1. The van der Waals surface area contributed by atoms with Crippen LogP contribution in [0.25, 0.3) is 0 Å². The van der Waals surface area contributed by atoms with E-state index in [2.05, 4.69) is 52.4 Å². The second kappa shape index (κ2) is 6.60. The molecule has 0 saturated carbocycles. The Bertz CT molecular complexity index is 515. The molecular formula is C16H24IN3O2. The molecule has 2 atom stereocenters. The largest absolute Gasteiger partial charge is 0.444 e. The summed E-state index contributed by atoms with van der Waals surface area (Å²) in [5.74, 6) is 0.961. The molecule has 0 N–H and O–H groups in total. The first kappa shape index (κ1) is 17.3. The first-order valence-electron chi connectivity index (χ1n) is 7.55. The molecule has 2 rings (SSSR count). The number of piperazine rings is 1. The van der Waals surface area contributed by atoms with Gasteiger partial charge in [0.1, 0.15) is 11.4 Å². The maximum atomic E-state index is 12.4. The minimum atomic E-state index is -0.467. The van der Waals surface area contributed by atoms with Crippen LogP contribution in [-0.2, 0) is 4.74 Å². The fraction of sp³-hybridized carbons (Fsp3) is 0.625. The first-order valence-corrected chi connectivity index (χ1v) is 8.63.